The minimum Gasteiger partial charge on any atom is -0.481 e. The SMILES string of the molecule is O=C(O)[C@H]1[C@H](C(=O)N2CCN(C3CCCCC3)CC2)[C@H]2C=C[C@H]1C2. The van der Waals surface area contributed by atoms with E-state index in [4.69, 9.17) is 0 Å². The molecule has 5 nitrogen and oxygen atoms in total. The first-order chi connectivity index (χ1) is 11.6. The largest absolute Gasteiger partial charge is 0.481 e. The molecule has 5 heteroatoms. The van der Waals surface area contributed by atoms with Gasteiger partial charge in [0.2, 0.25) is 5.91 Å². The zero-order chi connectivity index (χ0) is 16.7. The molecule has 0 unspecified atom stereocenters. The van der Waals surface area contributed by atoms with Gasteiger partial charge in [0.1, 0.15) is 0 Å². The molecule has 1 aliphatic heterocycles. The lowest BCUT2D eigenvalue weighted by molar-refractivity contribution is -0.151. The van der Waals surface area contributed by atoms with Crippen molar-refractivity contribution in [1.82, 2.24) is 9.80 Å². The van der Waals surface area contributed by atoms with Gasteiger partial charge < -0.3 is 10.0 Å². The number of amides is 1. The van der Waals surface area contributed by atoms with Gasteiger partial charge in [-0.15, -0.1) is 0 Å². The number of piperazine rings is 1. The van der Waals surface area contributed by atoms with Crippen LogP contribution in [0.25, 0.3) is 0 Å². The van der Waals surface area contributed by atoms with E-state index in [0.29, 0.717) is 6.04 Å². The molecule has 4 rings (SSSR count). The van der Waals surface area contributed by atoms with Crippen molar-refractivity contribution in [3.63, 3.8) is 0 Å². The zero-order valence-corrected chi connectivity index (χ0v) is 14.3. The summed E-state index contributed by atoms with van der Waals surface area (Å²) in [6, 6.07) is 0.702. The predicted octanol–water partition coefficient (Wildman–Crippen LogP) is 1.99. The Morgan fingerprint density at radius 1 is 0.875 bits per heavy atom. The smallest absolute Gasteiger partial charge is 0.307 e. The van der Waals surface area contributed by atoms with Gasteiger partial charge in [0.15, 0.2) is 0 Å². The number of rotatable bonds is 3. The van der Waals surface area contributed by atoms with Gasteiger partial charge in [-0.2, -0.15) is 0 Å². The Morgan fingerprint density at radius 2 is 1.50 bits per heavy atom. The van der Waals surface area contributed by atoms with Gasteiger partial charge in [0.25, 0.3) is 0 Å². The van der Waals surface area contributed by atoms with Crippen LogP contribution in [0.5, 0.6) is 0 Å². The van der Waals surface area contributed by atoms with Crippen molar-refractivity contribution in [3.8, 4) is 0 Å². The lowest BCUT2D eigenvalue weighted by atomic mass is 9.82. The maximum Gasteiger partial charge on any atom is 0.307 e. The minimum atomic E-state index is -0.800. The second-order valence-corrected chi connectivity index (χ2v) is 7.99. The molecule has 3 fully saturated rings. The summed E-state index contributed by atoms with van der Waals surface area (Å²) < 4.78 is 0. The average Bonchev–Trinajstić information content (AvgIpc) is 3.23. The number of hydrogen-bond acceptors (Lipinski definition) is 3. The fraction of sp³-hybridized carbons (Fsp3) is 0.789. The third kappa shape index (κ3) is 2.77. The standard InChI is InChI=1S/C19H28N2O3/c22-18(16-13-6-7-14(12-13)17(16)19(23)24)21-10-8-20(9-11-21)15-4-2-1-3-5-15/h6-7,13-17H,1-5,8-12H2,(H,23,24)/t13-,14-,16+,17+/m0/s1. The Balaban J connectivity index is 1.38. The molecule has 0 aromatic heterocycles. The quantitative estimate of drug-likeness (QED) is 0.803. The lowest BCUT2D eigenvalue weighted by Crippen LogP contribution is -2.54. The van der Waals surface area contributed by atoms with E-state index in [1.807, 2.05) is 11.0 Å². The zero-order valence-electron chi connectivity index (χ0n) is 14.3. The van der Waals surface area contributed by atoms with Crippen LogP contribution in [0.3, 0.4) is 0 Å². The first-order valence-corrected chi connectivity index (χ1v) is 9.59. The summed E-state index contributed by atoms with van der Waals surface area (Å²) in [5.41, 5.74) is 0. The monoisotopic (exact) mass is 332 g/mol. The third-order valence-corrected chi connectivity index (χ3v) is 6.75. The highest BCUT2D eigenvalue weighted by Gasteiger charge is 2.52. The van der Waals surface area contributed by atoms with Crippen LogP contribution < -0.4 is 0 Å². The van der Waals surface area contributed by atoms with Crippen molar-refractivity contribution in [2.75, 3.05) is 26.2 Å². The van der Waals surface area contributed by atoms with Crippen LogP contribution in [0.15, 0.2) is 12.2 Å². The predicted molar refractivity (Wildman–Crippen MR) is 90.4 cm³/mol. The molecule has 0 spiro atoms. The van der Waals surface area contributed by atoms with Crippen LogP contribution in [0, 0.1) is 23.7 Å². The average molecular weight is 332 g/mol. The van der Waals surface area contributed by atoms with E-state index >= 15 is 0 Å². The number of aliphatic carboxylic acids is 1. The van der Waals surface area contributed by atoms with Crippen molar-refractivity contribution in [3.05, 3.63) is 12.2 Å². The molecule has 1 heterocycles. The fourth-order valence-corrected chi connectivity index (χ4v) is 5.46. The Kier molecular flexibility index (Phi) is 4.37. The summed E-state index contributed by atoms with van der Waals surface area (Å²) in [5, 5.41) is 9.55. The third-order valence-electron chi connectivity index (χ3n) is 6.75. The summed E-state index contributed by atoms with van der Waals surface area (Å²) in [6.07, 6.45) is 11.6. The Hall–Kier alpha value is -1.36. The van der Waals surface area contributed by atoms with E-state index in [9.17, 15) is 14.7 Å². The normalized spacial score (nSPS) is 37.1. The molecule has 2 bridgehead atoms. The molecule has 1 saturated heterocycles. The highest BCUT2D eigenvalue weighted by atomic mass is 16.4. The topological polar surface area (TPSA) is 60.9 Å². The summed E-state index contributed by atoms with van der Waals surface area (Å²) in [5.74, 6) is -1.36. The van der Waals surface area contributed by atoms with E-state index in [1.54, 1.807) is 0 Å². The number of carboxylic acid groups (broad SMARTS) is 1. The Labute approximate surface area is 143 Å². The van der Waals surface area contributed by atoms with E-state index < -0.39 is 11.9 Å². The first kappa shape index (κ1) is 16.1. The molecule has 0 radical (unpaired) electrons. The molecule has 132 valence electrons. The van der Waals surface area contributed by atoms with Crippen LogP contribution in [-0.4, -0.2) is 59.0 Å². The van der Waals surface area contributed by atoms with Crippen molar-refractivity contribution in [2.45, 2.75) is 44.6 Å². The van der Waals surface area contributed by atoms with Gasteiger partial charge in [0, 0.05) is 32.2 Å². The fourth-order valence-electron chi connectivity index (χ4n) is 5.46. The number of nitrogens with zero attached hydrogens (tertiary/aromatic N) is 2. The van der Waals surface area contributed by atoms with Crippen LogP contribution in [0.2, 0.25) is 0 Å². The van der Waals surface area contributed by atoms with Gasteiger partial charge in [-0.05, 0) is 31.1 Å². The van der Waals surface area contributed by atoms with E-state index in [1.165, 1.54) is 32.1 Å². The van der Waals surface area contributed by atoms with Crippen molar-refractivity contribution >= 4 is 11.9 Å². The Bertz CT molecular complexity index is 533. The molecule has 2 saturated carbocycles. The molecular weight excluding hydrogens is 304 g/mol. The second kappa shape index (κ2) is 6.51. The number of allylic oxidation sites excluding steroid dienone is 2. The van der Waals surface area contributed by atoms with Gasteiger partial charge in [0.05, 0.1) is 11.8 Å². The molecule has 24 heavy (non-hydrogen) atoms. The van der Waals surface area contributed by atoms with Crippen LogP contribution in [-0.2, 0) is 9.59 Å². The number of hydrogen-bond donors (Lipinski definition) is 1. The number of carbonyl (C=O) groups is 2. The molecule has 0 aromatic rings. The summed E-state index contributed by atoms with van der Waals surface area (Å²) in [6.45, 7) is 3.42. The summed E-state index contributed by atoms with van der Waals surface area (Å²) >= 11 is 0. The maximum absolute atomic E-state index is 13.0. The minimum absolute atomic E-state index is 0.0602. The summed E-state index contributed by atoms with van der Waals surface area (Å²) in [7, 11) is 0. The van der Waals surface area contributed by atoms with Crippen molar-refractivity contribution in [2.24, 2.45) is 23.7 Å². The van der Waals surface area contributed by atoms with Crippen molar-refractivity contribution in [1.29, 1.82) is 0 Å². The highest BCUT2D eigenvalue weighted by molar-refractivity contribution is 5.87. The first-order valence-electron chi connectivity index (χ1n) is 9.59. The Morgan fingerprint density at radius 3 is 2.12 bits per heavy atom. The van der Waals surface area contributed by atoms with E-state index in [-0.39, 0.29) is 23.7 Å². The van der Waals surface area contributed by atoms with Gasteiger partial charge >= 0.3 is 5.97 Å². The maximum atomic E-state index is 13.0. The molecule has 1 N–H and O–H groups in total. The van der Waals surface area contributed by atoms with Crippen LogP contribution in [0.1, 0.15) is 38.5 Å². The molecule has 3 aliphatic carbocycles. The van der Waals surface area contributed by atoms with Crippen molar-refractivity contribution < 1.29 is 14.7 Å². The summed E-state index contributed by atoms with van der Waals surface area (Å²) in [4.78, 5) is 29.1. The number of carboxylic acids is 1. The van der Waals surface area contributed by atoms with E-state index in [0.717, 1.165) is 32.6 Å². The lowest BCUT2D eigenvalue weighted by Gasteiger charge is -2.42. The highest BCUT2D eigenvalue weighted by Crippen LogP contribution is 2.48. The number of fused-ring (bicyclic) bond motifs is 2. The van der Waals surface area contributed by atoms with Gasteiger partial charge in [-0.3, -0.25) is 14.5 Å². The molecular formula is C19H28N2O3. The second-order valence-electron chi connectivity index (χ2n) is 7.99. The number of carbonyl (C=O) groups excluding carboxylic acids is 1. The molecule has 1 amide bonds. The van der Waals surface area contributed by atoms with Crippen LogP contribution in [0.4, 0.5) is 0 Å². The molecule has 4 atom stereocenters. The van der Waals surface area contributed by atoms with Gasteiger partial charge in [-0.25, -0.2) is 0 Å². The van der Waals surface area contributed by atoms with Crippen LogP contribution >= 0.6 is 0 Å². The molecule has 4 aliphatic rings. The molecule has 0 aromatic carbocycles. The van der Waals surface area contributed by atoms with E-state index in [2.05, 4.69) is 11.0 Å². The van der Waals surface area contributed by atoms with Gasteiger partial charge in [-0.1, -0.05) is 31.4 Å².